The SMILES string of the molecule is O=C(NCc1nc2ccccc2s1)c1ccccc1OCCOc1ccccc1. The Hall–Kier alpha value is -3.38. The molecule has 0 aliphatic carbocycles. The van der Waals surface area contributed by atoms with Crippen LogP contribution in [0, 0.1) is 0 Å². The zero-order valence-electron chi connectivity index (χ0n) is 15.7. The van der Waals surface area contributed by atoms with E-state index < -0.39 is 0 Å². The van der Waals surface area contributed by atoms with Gasteiger partial charge in [0.15, 0.2) is 0 Å². The Morgan fingerprint density at radius 1 is 0.862 bits per heavy atom. The van der Waals surface area contributed by atoms with Crippen LogP contribution in [-0.2, 0) is 6.54 Å². The number of nitrogens with zero attached hydrogens (tertiary/aromatic N) is 1. The van der Waals surface area contributed by atoms with Crippen LogP contribution in [0.25, 0.3) is 10.2 Å². The van der Waals surface area contributed by atoms with Gasteiger partial charge in [0.05, 0.1) is 22.3 Å². The standard InChI is InChI=1S/C23H20N2O3S/c26-23(24-16-22-25-19-11-5-7-13-21(19)29-22)18-10-4-6-12-20(18)28-15-14-27-17-8-2-1-3-9-17/h1-13H,14-16H2,(H,24,26). The van der Waals surface area contributed by atoms with Gasteiger partial charge in [0, 0.05) is 0 Å². The number of hydrogen-bond acceptors (Lipinski definition) is 5. The van der Waals surface area contributed by atoms with Crippen LogP contribution in [0.1, 0.15) is 15.4 Å². The van der Waals surface area contributed by atoms with Crippen molar-refractivity contribution in [3.05, 3.63) is 89.4 Å². The summed E-state index contributed by atoms with van der Waals surface area (Å²) in [6.07, 6.45) is 0. The van der Waals surface area contributed by atoms with Gasteiger partial charge in [-0.1, -0.05) is 42.5 Å². The van der Waals surface area contributed by atoms with Crippen LogP contribution >= 0.6 is 11.3 Å². The van der Waals surface area contributed by atoms with Crippen LogP contribution in [0.2, 0.25) is 0 Å². The lowest BCUT2D eigenvalue weighted by Crippen LogP contribution is -2.23. The molecule has 0 aliphatic rings. The topological polar surface area (TPSA) is 60.5 Å². The first-order valence-corrected chi connectivity index (χ1v) is 10.1. The summed E-state index contributed by atoms with van der Waals surface area (Å²) in [6.45, 7) is 1.12. The molecule has 0 bridgehead atoms. The minimum Gasteiger partial charge on any atom is -0.490 e. The molecule has 0 saturated carbocycles. The van der Waals surface area contributed by atoms with Crippen LogP contribution < -0.4 is 14.8 Å². The quantitative estimate of drug-likeness (QED) is 0.433. The van der Waals surface area contributed by atoms with Crippen LogP contribution in [0.5, 0.6) is 11.5 Å². The molecule has 0 atom stereocenters. The molecule has 0 radical (unpaired) electrons. The van der Waals surface area contributed by atoms with Crippen LogP contribution in [0.4, 0.5) is 0 Å². The van der Waals surface area contributed by atoms with Crippen molar-refractivity contribution in [3.63, 3.8) is 0 Å². The zero-order chi connectivity index (χ0) is 19.9. The van der Waals surface area contributed by atoms with Gasteiger partial charge in [-0.25, -0.2) is 4.98 Å². The molecule has 0 fully saturated rings. The second-order valence-corrected chi connectivity index (χ2v) is 7.38. The third kappa shape index (κ3) is 4.92. The summed E-state index contributed by atoms with van der Waals surface area (Å²) in [6, 6.07) is 24.7. The third-order valence-electron chi connectivity index (χ3n) is 4.22. The Kier molecular flexibility index (Phi) is 6.02. The summed E-state index contributed by atoms with van der Waals surface area (Å²) >= 11 is 1.58. The van der Waals surface area contributed by atoms with Gasteiger partial charge < -0.3 is 14.8 Å². The highest BCUT2D eigenvalue weighted by molar-refractivity contribution is 7.18. The molecule has 4 aromatic rings. The number of hydrogen-bond donors (Lipinski definition) is 1. The van der Waals surface area contributed by atoms with E-state index in [1.54, 1.807) is 23.5 Å². The van der Waals surface area contributed by atoms with Crippen molar-refractivity contribution in [1.82, 2.24) is 10.3 Å². The van der Waals surface area contributed by atoms with Crippen molar-refractivity contribution in [2.24, 2.45) is 0 Å². The number of carbonyl (C=O) groups is 1. The van der Waals surface area contributed by atoms with Crippen molar-refractivity contribution in [2.45, 2.75) is 6.54 Å². The summed E-state index contributed by atoms with van der Waals surface area (Å²) in [5.41, 5.74) is 1.44. The number of ether oxygens (including phenoxy) is 2. The Balaban J connectivity index is 1.33. The number of thiazole rings is 1. The molecule has 6 heteroatoms. The molecule has 1 heterocycles. The first-order chi connectivity index (χ1) is 14.3. The van der Waals surface area contributed by atoms with Crippen molar-refractivity contribution in [3.8, 4) is 11.5 Å². The number of aromatic nitrogens is 1. The summed E-state index contributed by atoms with van der Waals surface area (Å²) in [4.78, 5) is 17.2. The summed E-state index contributed by atoms with van der Waals surface area (Å²) in [5.74, 6) is 1.13. The number of amides is 1. The highest BCUT2D eigenvalue weighted by Gasteiger charge is 2.13. The number of para-hydroxylation sites is 3. The maximum absolute atomic E-state index is 12.7. The average molecular weight is 404 g/mol. The lowest BCUT2D eigenvalue weighted by Gasteiger charge is -2.12. The normalized spacial score (nSPS) is 10.6. The van der Waals surface area contributed by atoms with Gasteiger partial charge in [0.25, 0.3) is 5.91 Å². The molecule has 1 N–H and O–H groups in total. The van der Waals surface area contributed by atoms with E-state index in [0.717, 1.165) is 21.0 Å². The summed E-state index contributed by atoms with van der Waals surface area (Å²) in [5, 5.41) is 3.80. The number of carbonyl (C=O) groups excluding carboxylic acids is 1. The van der Waals surface area contributed by atoms with Gasteiger partial charge in [-0.15, -0.1) is 11.3 Å². The molecule has 1 aromatic heterocycles. The Bertz CT molecular complexity index is 1060. The van der Waals surface area contributed by atoms with E-state index in [-0.39, 0.29) is 5.91 Å². The molecule has 0 unspecified atom stereocenters. The van der Waals surface area contributed by atoms with E-state index in [9.17, 15) is 4.79 Å². The number of benzene rings is 3. The van der Waals surface area contributed by atoms with Gasteiger partial charge in [0.1, 0.15) is 29.7 Å². The van der Waals surface area contributed by atoms with Gasteiger partial charge in [-0.05, 0) is 36.4 Å². The molecule has 5 nitrogen and oxygen atoms in total. The van der Waals surface area contributed by atoms with Crippen molar-refractivity contribution < 1.29 is 14.3 Å². The van der Waals surface area contributed by atoms with E-state index in [4.69, 9.17) is 9.47 Å². The number of fused-ring (bicyclic) bond motifs is 1. The molecule has 4 rings (SSSR count). The molecule has 3 aromatic carbocycles. The van der Waals surface area contributed by atoms with Gasteiger partial charge in [-0.3, -0.25) is 4.79 Å². The molecule has 29 heavy (non-hydrogen) atoms. The Labute approximate surface area is 172 Å². The van der Waals surface area contributed by atoms with E-state index >= 15 is 0 Å². The van der Waals surface area contributed by atoms with Crippen molar-refractivity contribution in [2.75, 3.05) is 13.2 Å². The minimum atomic E-state index is -0.191. The largest absolute Gasteiger partial charge is 0.490 e. The van der Waals surface area contributed by atoms with E-state index in [2.05, 4.69) is 10.3 Å². The predicted octanol–water partition coefficient (Wildman–Crippen LogP) is 4.68. The number of nitrogens with one attached hydrogen (secondary N) is 1. The lowest BCUT2D eigenvalue weighted by molar-refractivity contribution is 0.0945. The molecule has 146 valence electrons. The van der Waals surface area contributed by atoms with Crippen molar-refractivity contribution in [1.29, 1.82) is 0 Å². The van der Waals surface area contributed by atoms with Gasteiger partial charge >= 0.3 is 0 Å². The molecular formula is C23H20N2O3S. The second-order valence-electron chi connectivity index (χ2n) is 6.26. The van der Waals surface area contributed by atoms with Crippen LogP contribution in [0.15, 0.2) is 78.9 Å². The van der Waals surface area contributed by atoms with Crippen LogP contribution in [0.3, 0.4) is 0 Å². The minimum absolute atomic E-state index is 0.191. The molecule has 0 aliphatic heterocycles. The molecule has 0 spiro atoms. The fourth-order valence-electron chi connectivity index (χ4n) is 2.85. The Morgan fingerprint density at radius 3 is 2.45 bits per heavy atom. The molecular weight excluding hydrogens is 384 g/mol. The van der Waals surface area contributed by atoms with Gasteiger partial charge in [0.2, 0.25) is 0 Å². The van der Waals surface area contributed by atoms with E-state index in [0.29, 0.717) is 31.1 Å². The monoisotopic (exact) mass is 404 g/mol. The Morgan fingerprint density at radius 2 is 1.59 bits per heavy atom. The van der Waals surface area contributed by atoms with Gasteiger partial charge in [-0.2, -0.15) is 0 Å². The highest BCUT2D eigenvalue weighted by Crippen LogP contribution is 2.22. The average Bonchev–Trinajstić information content (AvgIpc) is 3.19. The first-order valence-electron chi connectivity index (χ1n) is 9.32. The molecule has 0 saturated heterocycles. The fourth-order valence-corrected chi connectivity index (χ4v) is 3.76. The molecule has 1 amide bonds. The fraction of sp³-hybridized carbons (Fsp3) is 0.130. The smallest absolute Gasteiger partial charge is 0.255 e. The first kappa shape index (κ1) is 19.0. The lowest BCUT2D eigenvalue weighted by atomic mass is 10.2. The summed E-state index contributed by atoms with van der Waals surface area (Å²) < 4.78 is 12.5. The van der Waals surface area contributed by atoms with Crippen LogP contribution in [-0.4, -0.2) is 24.1 Å². The van der Waals surface area contributed by atoms with E-state index in [1.807, 2.05) is 66.7 Å². The van der Waals surface area contributed by atoms with Crippen molar-refractivity contribution >= 4 is 27.5 Å². The predicted molar refractivity (Wildman–Crippen MR) is 115 cm³/mol. The maximum atomic E-state index is 12.7. The third-order valence-corrected chi connectivity index (χ3v) is 5.26. The zero-order valence-corrected chi connectivity index (χ0v) is 16.5. The number of rotatable bonds is 8. The summed E-state index contributed by atoms with van der Waals surface area (Å²) in [7, 11) is 0. The van der Waals surface area contributed by atoms with E-state index in [1.165, 1.54) is 0 Å². The maximum Gasteiger partial charge on any atom is 0.255 e. The highest BCUT2D eigenvalue weighted by atomic mass is 32.1. The second kappa shape index (κ2) is 9.21.